The van der Waals surface area contributed by atoms with Crippen molar-refractivity contribution >= 4 is 63.1 Å². The molecule has 0 saturated carbocycles. The van der Waals surface area contributed by atoms with Crippen molar-refractivity contribution in [1.82, 2.24) is 0 Å². The molecule has 2 aromatic carbocycles. The molecule has 0 spiro atoms. The molecule has 11 nitrogen and oxygen atoms in total. The highest BCUT2D eigenvalue weighted by Gasteiger charge is 2.28. The largest absolute Gasteiger partial charge is 0.465 e. The Morgan fingerprint density at radius 2 is 1.64 bits per heavy atom. The van der Waals surface area contributed by atoms with Crippen molar-refractivity contribution in [2.24, 2.45) is 0 Å². The van der Waals surface area contributed by atoms with E-state index in [-0.39, 0.29) is 42.8 Å². The predicted molar refractivity (Wildman–Crippen MR) is 132 cm³/mol. The first-order valence-electron chi connectivity index (χ1n) is 10.0. The number of nitro benzene ring substituents is 1. The SMILES string of the molecule is COC(=O)c1ccccc1NC(=O)c1sc(NC(=O)c2ccc(Cl)c([N+](=O)[O-])c2)c(C(=O)OC)c1C. The van der Waals surface area contributed by atoms with Crippen molar-refractivity contribution in [1.29, 1.82) is 0 Å². The Balaban J connectivity index is 1.97. The molecular formula is C23H18ClN3O8S. The third-order valence-electron chi connectivity index (χ3n) is 4.96. The molecule has 3 aromatic rings. The number of methoxy groups -OCH3 is 2. The molecular weight excluding hydrogens is 514 g/mol. The van der Waals surface area contributed by atoms with Crippen LogP contribution in [-0.2, 0) is 9.47 Å². The molecule has 0 aliphatic carbocycles. The van der Waals surface area contributed by atoms with Crippen molar-refractivity contribution in [2.75, 3.05) is 24.9 Å². The Morgan fingerprint density at radius 3 is 2.28 bits per heavy atom. The zero-order chi connectivity index (χ0) is 26.6. The second-order valence-corrected chi connectivity index (χ2v) is 8.55. The van der Waals surface area contributed by atoms with Crippen LogP contribution in [0, 0.1) is 17.0 Å². The normalized spacial score (nSPS) is 10.3. The number of nitro groups is 1. The van der Waals surface area contributed by atoms with Crippen molar-refractivity contribution in [3.8, 4) is 0 Å². The van der Waals surface area contributed by atoms with Gasteiger partial charge in [-0.2, -0.15) is 0 Å². The van der Waals surface area contributed by atoms with Crippen molar-refractivity contribution in [3.63, 3.8) is 0 Å². The van der Waals surface area contributed by atoms with Gasteiger partial charge in [-0.15, -0.1) is 11.3 Å². The molecule has 0 radical (unpaired) electrons. The molecule has 186 valence electrons. The van der Waals surface area contributed by atoms with Gasteiger partial charge in [0, 0.05) is 11.6 Å². The summed E-state index contributed by atoms with van der Waals surface area (Å²) >= 11 is 6.59. The van der Waals surface area contributed by atoms with E-state index >= 15 is 0 Å². The lowest BCUT2D eigenvalue weighted by atomic mass is 10.1. The Hall–Kier alpha value is -4.29. The molecule has 3 rings (SSSR count). The van der Waals surface area contributed by atoms with Crippen LogP contribution in [0.3, 0.4) is 0 Å². The van der Waals surface area contributed by atoms with Gasteiger partial charge in [-0.25, -0.2) is 9.59 Å². The van der Waals surface area contributed by atoms with Gasteiger partial charge >= 0.3 is 11.9 Å². The minimum Gasteiger partial charge on any atom is -0.465 e. The molecule has 0 fully saturated rings. The minimum atomic E-state index is -0.810. The topological polar surface area (TPSA) is 154 Å². The van der Waals surface area contributed by atoms with Gasteiger partial charge in [-0.05, 0) is 36.8 Å². The van der Waals surface area contributed by atoms with E-state index < -0.39 is 34.4 Å². The van der Waals surface area contributed by atoms with E-state index in [4.69, 9.17) is 21.1 Å². The first kappa shape index (κ1) is 26.3. The van der Waals surface area contributed by atoms with Crippen LogP contribution in [0.4, 0.5) is 16.4 Å². The Kier molecular flexibility index (Phi) is 8.02. The molecule has 0 unspecified atom stereocenters. The average Bonchev–Trinajstić information content (AvgIpc) is 3.18. The van der Waals surface area contributed by atoms with E-state index in [1.165, 1.54) is 38.3 Å². The molecule has 1 heterocycles. The van der Waals surface area contributed by atoms with Gasteiger partial charge in [0.15, 0.2) is 0 Å². The molecule has 0 atom stereocenters. The van der Waals surface area contributed by atoms with Gasteiger partial charge in [-0.1, -0.05) is 23.7 Å². The van der Waals surface area contributed by atoms with Crippen molar-refractivity contribution < 1.29 is 33.6 Å². The third kappa shape index (κ3) is 5.34. The summed E-state index contributed by atoms with van der Waals surface area (Å²) in [5.74, 6) is -2.89. The number of thiophene rings is 1. The summed E-state index contributed by atoms with van der Waals surface area (Å²) in [5, 5.41) is 16.1. The fraction of sp³-hybridized carbons (Fsp3) is 0.130. The number of nitrogens with one attached hydrogen (secondary N) is 2. The number of carbonyl (C=O) groups is 4. The van der Waals surface area contributed by atoms with Crippen LogP contribution < -0.4 is 10.6 Å². The average molecular weight is 532 g/mol. The van der Waals surface area contributed by atoms with Gasteiger partial charge in [-0.3, -0.25) is 19.7 Å². The number of halogens is 1. The Labute approximate surface area is 213 Å². The fourth-order valence-corrected chi connectivity index (χ4v) is 4.47. The van der Waals surface area contributed by atoms with E-state index in [9.17, 15) is 29.3 Å². The summed E-state index contributed by atoms with van der Waals surface area (Å²) in [4.78, 5) is 60.9. The van der Waals surface area contributed by atoms with Crippen molar-refractivity contribution in [2.45, 2.75) is 6.92 Å². The van der Waals surface area contributed by atoms with Gasteiger partial charge < -0.3 is 20.1 Å². The summed E-state index contributed by atoms with van der Waals surface area (Å²) in [5.41, 5.74) is -0.104. The molecule has 0 bridgehead atoms. The van der Waals surface area contributed by atoms with Crippen LogP contribution in [0.1, 0.15) is 46.3 Å². The summed E-state index contributed by atoms with van der Waals surface area (Å²) in [7, 11) is 2.34. The number of amides is 2. The van der Waals surface area contributed by atoms with E-state index in [2.05, 4.69) is 10.6 Å². The smallest absolute Gasteiger partial charge is 0.341 e. The maximum Gasteiger partial charge on any atom is 0.341 e. The monoisotopic (exact) mass is 531 g/mol. The zero-order valence-corrected chi connectivity index (χ0v) is 20.6. The lowest BCUT2D eigenvalue weighted by molar-refractivity contribution is -0.384. The standard InChI is InChI=1S/C23H18ClN3O8S/c1-11-17(23(31)35-3)21(26-19(28)12-8-9-14(24)16(10-12)27(32)33)36-18(11)20(29)25-15-7-5-4-6-13(15)22(30)34-2/h4-10H,1-3H3,(H,25,29)(H,26,28). The first-order valence-corrected chi connectivity index (χ1v) is 11.2. The lowest BCUT2D eigenvalue weighted by Gasteiger charge is -2.09. The molecule has 0 aliphatic heterocycles. The molecule has 36 heavy (non-hydrogen) atoms. The summed E-state index contributed by atoms with van der Waals surface area (Å²) in [6, 6.07) is 9.66. The van der Waals surface area contributed by atoms with Crippen LogP contribution in [0.25, 0.3) is 0 Å². The van der Waals surface area contributed by atoms with E-state index in [1.807, 2.05) is 0 Å². The van der Waals surface area contributed by atoms with Crippen LogP contribution >= 0.6 is 22.9 Å². The summed E-state index contributed by atoms with van der Waals surface area (Å²) in [6.45, 7) is 1.49. The van der Waals surface area contributed by atoms with Gasteiger partial charge in [0.25, 0.3) is 17.5 Å². The molecule has 0 saturated heterocycles. The number of nitrogens with zero attached hydrogens (tertiary/aromatic N) is 1. The quantitative estimate of drug-likeness (QED) is 0.253. The summed E-state index contributed by atoms with van der Waals surface area (Å²) < 4.78 is 9.53. The second kappa shape index (κ2) is 11.0. The molecule has 2 N–H and O–H groups in total. The van der Waals surface area contributed by atoms with Gasteiger partial charge in [0.1, 0.15) is 10.0 Å². The highest BCUT2D eigenvalue weighted by atomic mass is 35.5. The maximum absolute atomic E-state index is 13.1. The van der Waals surface area contributed by atoms with Crippen LogP contribution in [0.15, 0.2) is 42.5 Å². The highest BCUT2D eigenvalue weighted by molar-refractivity contribution is 7.19. The van der Waals surface area contributed by atoms with Crippen LogP contribution in [-0.4, -0.2) is 42.9 Å². The molecule has 0 aliphatic rings. The van der Waals surface area contributed by atoms with E-state index in [0.717, 1.165) is 24.5 Å². The minimum absolute atomic E-state index is 0.00615. The molecule has 2 amide bonds. The number of anilines is 2. The highest BCUT2D eigenvalue weighted by Crippen LogP contribution is 2.35. The molecule has 13 heteroatoms. The number of carbonyl (C=O) groups excluding carboxylic acids is 4. The Bertz CT molecular complexity index is 1400. The zero-order valence-electron chi connectivity index (χ0n) is 19.0. The third-order valence-corrected chi connectivity index (χ3v) is 6.48. The molecule has 1 aromatic heterocycles. The number of ether oxygens (including phenoxy) is 2. The number of hydrogen-bond acceptors (Lipinski definition) is 9. The number of esters is 2. The maximum atomic E-state index is 13.1. The number of para-hydroxylation sites is 1. The fourth-order valence-electron chi connectivity index (χ4n) is 3.19. The van der Waals surface area contributed by atoms with Crippen LogP contribution in [0.5, 0.6) is 0 Å². The van der Waals surface area contributed by atoms with Gasteiger partial charge in [0.2, 0.25) is 0 Å². The van der Waals surface area contributed by atoms with Gasteiger partial charge in [0.05, 0.1) is 40.8 Å². The predicted octanol–water partition coefficient (Wildman–Crippen LogP) is 4.70. The Morgan fingerprint density at radius 1 is 0.972 bits per heavy atom. The second-order valence-electron chi connectivity index (χ2n) is 7.12. The number of hydrogen-bond donors (Lipinski definition) is 2. The summed E-state index contributed by atoms with van der Waals surface area (Å²) in [6.07, 6.45) is 0. The lowest BCUT2D eigenvalue weighted by Crippen LogP contribution is -2.16. The van der Waals surface area contributed by atoms with Crippen LogP contribution in [0.2, 0.25) is 5.02 Å². The van der Waals surface area contributed by atoms with E-state index in [0.29, 0.717) is 0 Å². The number of benzene rings is 2. The number of rotatable bonds is 7. The van der Waals surface area contributed by atoms with Crippen molar-refractivity contribution in [3.05, 3.63) is 84.7 Å². The first-order chi connectivity index (χ1) is 17.1. The van der Waals surface area contributed by atoms with E-state index in [1.54, 1.807) is 12.1 Å².